The largest absolute Gasteiger partial charge is 0.325 e. The fourth-order valence-corrected chi connectivity index (χ4v) is 3.19. The maximum absolute atomic E-state index is 12.1. The molecule has 20 heavy (non-hydrogen) atoms. The van der Waals surface area contributed by atoms with Crippen LogP contribution in [0.3, 0.4) is 0 Å². The van der Waals surface area contributed by atoms with Crippen molar-refractivity contribution in [1.29, 1.82) is 0 Å². The van der Waals surface area contributed by atoms with Gasteiger partial charge in [-0.25, -0.2) is 0 Å². The molecule has 2 unspecified atom stereocenters. The smallest absolute Gasteiger partial charge is 0.238 e. The number of piperidine rings is 1. The Morgan fingerprint density at radius 3 is 2.65 bits per heavy atom. The van der Waals surface area contributed by atoms with E-state index in [0.717, 1.165) is 25.2 Å². The van der Waals surface area contributed by atoms with Gasteiger partial charge in [0.05, 0.1) is 6.54 Å². The fraction of sp³-hybridized carbons (Fsp3) is 0.588. The Balaban J connectivity index is 1.88. The third-order valence-electron chi connectivity index (χ3n) is 3.93. The van der Waals surface area contributed by atoms with Gasteiger partial charge in [-0.15, -0.1) is 0 Å². The van der Waals surface area contributed by atoms with E-state index in [-0.39, 0.29) is 5.91 Å². The summed E-state index contributed by atoms with van der Waals surface area (Å²) < 4.78 is 0. The molecule has 2 atom stereocenters. The van der Waals surface area contributed by atoms with Crippen molar-refractivity contribution in [2.24, 2.45) is 11.8 Å². The monoisotopic (exact) mass is 274 g/mol. The third-order valence-corrected chi connectivity index (χ3v) is 3.93. The van der Waals surface area contributed by atoms with Crippen molar-refractivity contribution in [2.75, 3.05) is 25.0 Å². The van der Waals surface area contributed by atoms with Crippen molar-refractivity contribution in [1.82, 2.24) is 4.90 Å². The second-order valence-electron chi connectivity index (χ2n) is 6.24. The summed E-state index contributed by atoms with van der Waals surface area (Å²) in [6.07, 6.45) is 2.27. The van der Waals surface area contributed by atoms with Crippen LogP contribution in [-0.2, 0) is 11.2 Å². The molecule has 0 bridgehead atoms. The van der Waals surface area contributed by atoms with Gasteiger partial charge in [-0.3, -0.25) is 9.69 Å². The average Bonchev–Trinajstić information content (AvgIpc) is 2.37. The summed E-state index contributed by atoms with van der Waals surface area (Å²) in [6, 6.07) is 8.10. The molecule has 3 nitrogen and oxygen atoms in total. The van der Waals surface area contributed by atoms with Crippen LogP contribution in [0.1, 0.15) is 32.8 Å². The number of hydrogen-bond acceptors (Lipinski definition) is 2. The van der Waals surface area contributed by atoms with Crippen molar-refractivity contribution in [3.63, 3.8) is 0 Å². The van der Waals surface area contributed by atoms with Gasteiger partial charge in [-0.05, 0) is 42.4 Å². The van der Waals surface area contributed by atoms with Gasteiger partial charge >= 0.3 is 0 Å². The van der Waals surface area contributed by atoms with Gasteiger partial charge in [-0.1, -0.05) is 32.9 Å². The van der Waals surface area contributed by atoms with E-state index in [2.05, 4.69) is 43.1 Å². The van der Waals surface area contributed by atoms with Gasteiger partial charge in [0, 0.05) is 18.8 Å². The number of carbonyl (C=O) groups excluding carboxylic acids is 1. The average molecular weight is 274 g/mol. The van der Waals surface area contributed by atoms with Crippen LogP contribution in [0.25, 0.3) is 0 Å². The molecule has 1 aromatic rings. The maximum Gasteiger partial charge on any atom is 0.238 e. The number of benzene rings is 1. The molecule has 1 amide bonds. The number of likely N-dealkylation sites (tertiary alicyclic amines) is 1. The zero-order valence-corrected chi connectivity index (χ0v) is 12.9. The number of rotatable bonds is 4. The Hall–Kier alpha value is -1.35. The molecule has 1 fully saturated rings. The Morgan fingerprint density at radius 2 is 2.00 bits per heavy atom. The maximum atomic E-state index is 12.1. The van der Waals surface area contributed by atoms with E-state index in [0.29, 0.717) is 18.4 Å². The first-order valence-electron chi connectivity index (χ1n) is 7.68. The van der Waals surface area contributed by atoms with Gasteiger partial charge in [-0.2, -0.15) is 0 Å². The first-order valence-corrected chi connectivity index (χ1v) is 7.68. The third kappa shape index (κ3) is 4.34. The number of anilines is 1. The lowest BCUT2D eigenvalue weighted by atomic mass is 9.92. The minimum absolute atomic E-state index is 0.0968. The molecule has 0 aliphatic carbocycles. The lowest BCUT2D eigenvalue weighted by Gasteiger charge is -2.34. The summed E-state index contributed by atoms with van der Waals surface area (Å²) in [7, 11) is 0. The molecule has 1 aliphatic rings. The zero-order valence-electron chi connectivity index (χ0n) is 12.9. The van der Waals surface area contributed by atoms with E-state index in [1.165, 1.54) is 12.0 Å². The highest BCUT2D eigenvalue weighted by Crippen LogP contribution is 2.20. The second kappa shape index (κ2) is 6.89. The van der Waals surface area contributed by atoms with Gasteiger partial charge < -0.3 is 5.32 Å². The quantitative estimate of drug-likeness (QED) is 0.914. The molecule has 0 spiro atoms. The van der Waals surface area contributed by atoms with E-state index < -0.39 is 0 Å². The summed E-state index contributed by atoms with van der Waals surface area (Å²) >= 11 is 0. The minimum atomic E-state index is 0.0968. The van der Waals surface area contributed by atoms with Crippen LogP contribution in [0.5, 0.6) is 0 Å². The summed E-state index contributed by atoms with van der Waals surface area (Å²) in [5.41, 5.74) is 2.16. The molecular formula is C17H26N2O. The van der Waals surface area contributed by atoms with Gasteiger partial charge in [0.1, 0.15) is 0 Å². The molecule has 0 radical (unpaired) electrons. The summed E-state index contributed by atoms with van der Waals surface area (Å²) in [6.45, 7) is 9.23. The molecule has 1 aliphatic heterocycles. The number of carbonyl (C=O) groups is 1. The SMILES string of the molecule is CCc1cccc(NC(=O)CN2CC(C)CC(C)C2)c1. The molecule has 110 valence electrons. The van der Waals surface area contributed by atoms with E-state index in [9.17, 15) is 4.79 Å². The topological polar surface area (TPSA) is 32.3 Å². The van der Waals surface area contributed by atoms with Gasteiger partial charge in [0.2, 0.25) is 5.91 Å². The van der Waals surface area contributed by atoms with Crippen molar-refractivity contribution < 1.29 is 4.79 Å². The van der Waals surface area contributed by atoms with Crippen LogP contribution in [0, 0.1) is 11.8 Å². The standard InChI is InChI=1S/C17H26N2O/c1-4-15-6-5-7-16(9-15)18-17(20)12-19-10-13(2)8-14(3)11-19/h5-7,9,13-14H,4,8,10-12H2,1-3H3,(H,18,20). The molecule has 1 heterocycles. The molecular weight excluding hydrogens is 248 g/mol. The highest BCUT2D eigenvalue weighted by atomic mass is 16.2. The fourth-order valence-electron chi connectivity index (χ4n) is 3.19. The van der Waals surface area contributed by atoms with Crippen molar-refractivity contribution in [3.05, 3.63) is 29.8 Å². The van der Waals surface area contributed by atoms with Gasteiger partial charge in [0.25, 0.3) is 0 Å². The number of hydrogen-bond donors (Lipinski definition) is 1. The first-order chi connectivity index (χ1) is 9.56. The zero-order chi connectivity index (χ0) is 14.5. The van der Waals surface area contributed by atoms with Crippen molar-refractivity contribution in [3.8, 4) is 0 Å². The van der Waals surface area contributed by atoms with Crippen molar-refractivity contribution >= 4 is 11.6 Å². The minimum Gasteiger partial charge on any atom is -0.325 e. The predicted molar refractivity (Wildman–Crippen MR) is 83.8 cm³/mol. The van der Waals surface area contributed by atoms with Crippen LogP contribution in [-0.4, -0.2) is 30.4 Å². The van der Waals surface area contributed by atoms with Crippen molar-refractivity contribution in [2.45, 2.75) is 33.6 Å². The van der Waals surface area contributed by atoms with E-state index in [1.807, 2.05) is 12.1 Å². The normalized spacial score (nSPS) is 23.6. The molecule has 1 saturated heterocycles. The Labute approximate surface area is 122 Å². The number of nitrogens with zero attached hydrogens (tertiary/aromatic N) is 1. The highest BCUT2D eigenvalue weighted by molar-refractivity contribution is 5.92. The van der Waals surface area contributed by atoms with Crippen LogP contribution in [0.4, 0.5) is 5.69 Å². The van der Waals surface area contributed by atoms with Crippen LogP contribution < -0.4 is 5.32 Å². The second-order valence-corrected chi connectivity index (χ2v) is 6.24. The highest BCUT2D eigenvalue weighted by Gasteiger charge is 2.23. The Bertz CT molecular complexity index is 448. The Morgan fingerprint density at radius 1 is 1.30 bits per heavy atom. The van der Waals surface area contributed by atoms with Crippen LogP contribution >= 0.6 is 0 Å². The molecule has 3 heteroatoms. The van der Waals surface area contributed by atoms with E-state index in [1.54, 1.807) is 0 Å². The van der Waals surface area contributed by atoms with E-state index in [4.69, 9.17) is 0 Å². The van der Waals surface area contributed by atoms with Gasteiger partial charge in [0.15, 0.2) is 0 Å². The van der Waals surface area contributed by atoms with E-state index >= 15 is 0 Å². The summed E-state index contributed by atoms with van der Waals surface area (Å²) in [5, 5.41) is 3.01. The summed E-state index contributed by atoms with van der Waals surface area (Å²) in [5.74, 6) is 1.48. The lowest BCUT2D eigenvalue weighted by Crippen LogP contribution is -2.42. The van der Waals surface area contributed by atoms with Crippen LogP contribution in [0.2, 0.25) is 0 Å². The number of nitrogens with one attached hydrogen (secondary N) is 1. The molecule has 0 aromatic heterocycles. The Kier molecular flexibility index (Phi) is 5.18. The predicted octanol–water partition coefficient (Wildman–Crippen LogP) is 3.17. The number of amides is 1. The van der Waals surface area contributed by atoms with Crippen LogP contribution in [0.15, 0.2) is 24.3 Å². The first kappa shape index (κ1) is 15.0. The number of aryl methyl sites for hydroxylation is 1. The molecule has 1 N–H and O–H groups in total. The molecule has 1 aromatic carbocycles. The molecule has 2 rings (SSSR count). The summed E-state index contributed by atoms with van der Waals surface area (Å²) in [4.78, 5) is 14.4. The lowest BCUT2D eigenvalue weighted by molar-refractivity contribution is -0.117. The molecule has 0 saturated carbocycles.